The van der Waals surface area contributed by atoms with Crippen LogP contribution in [0.25, 0.3) is 44.3 Å². The van der Waals surface area contributed by atoms with Gasteiger partial charge >= 0.3 is 0 Å². The largest absolute Gasteiger partial charge is 0.380 e. The van der Waals surface area contributed by atoms with Gasteiger partial charge in [-0.25, -0.2) is 0 Å². The van der Waals surface area contributed by atoms with Crippen molar-refractivity contribution in [3.8, 4) is 22.9 Å². The molecule has 10 rings (SSSR count). The molecule has 0 saturated carbocycles. The Labute approximate surface area is 345 Å². The van der Waals surface area contributed by atoms with Crippen LogP contribution in [0.5, 0.6) is 0 Å². The fraction of sp³-hybridized carbons (Fsp3) is 0.0909. The smallest absolute Gasteiger partial charge is 0.0988 e. The summed E-state index contributed by atoms with van der Waals surface area (Å²) < 4.78 is 2.42. The summed E-state index contributed by atoms with van der Waals surface area (Å²) in [6.45, 7) is 2.66. The molecule has 4 heteroatoms. The van der Waals surface area contributed by atoms with Gasteiger partial charge in [-0.3, -0.25) is 0 Å². The number of nitrogens with zero attached hydrogens (tertiary/aromatic N) is 2. The van der Waals surface area contributed by atoms with E-state index in [9.17, 15) is 5.26 Å². The van der Waals surface area contributed by atoms with Crippen molar-refractivity contribution in [2.75, 3.05) is 0 Å². The molecule has 2 aliphatic carbocycles. The van der Waals surface area contributed by atoms with E-state index in [1.54, 1.807) is 0 Å². The Balaban J connectivity index is 1.09. The zero-order chi connectivity index (χ0) is 39.9. The highest BCUT2D eigenvalue weighted by atomic mass is 15.0. The summed E-state index contributed by atoms with van der Waals surface area (Å²) in [5.41, 5.74) is 15.5. The van der Waals surface area contributed by atoms with Crippen molar-refractivity contribution in [2.45, 2.75) is 25.3 Å². The van der Waals surface area contributed by atoms with E-state index in [2.05, 4.69) is 181 Å². The van der Waals surface area contributed by atoms with Crippen LogP contribution in [0.3, 0.4) is 0 Å². The van der Waals surface area contributed by atoms with E-state index in [4.69, 9.17) is 5.41 Å². The lowest BCUT2D eigenvalue weighted by Gasteiger charge is -2.33. The molecule has 282 valence electrons. The lowest BCUT2D eigenvalue weighted by atomic mass is 9.67. The number of fused-ring (bicyclic) bond motifs is 7. The van der Waals surface area contributed by atoms with E-state index in [-0.39, 0.29) is 5.92 Å². The predicted molar refractivity (Wildman–Crippen MR) is 243 cm³/mol. The molecular weight excluding hydrogens is 717 g/mol. The van der Waals surface area contributed by atoms with Crippen LogP contribution < -0.4 is 5.32 Å². The van der Waals surface area contributed by atoms with Crippen molar-refractivity contribution in [3.63, 3.8) is 0 Å². The lowest BCUT2D eigenvalue weighted by Crippen LogP contribution is -2.28. The molecule has 0 saturated heterocycles. The molecule has 0 fully saturated rings. The average molecular weight is 759 g/mol. The van der Waals surface area contributed by atoms with Crippen LogP contribution in [0, 0.1) is 22.7 Å². The molecule has 0 amide bonds. The Morgan fingerprint density at radius 1 is 0.746 bits per heavy atom. The van der Waals surface area contributed by atoms with Crippen molar-refractivity contribution in [2.24, 2.45) is 5.92 Å². The van der Waals surface area contributed by atoms with Crippen LogP contribution >= 0.6 is 0 Å². The minimum absolute atomic E-state index is 0.209. The SMILES string of the molecule is CC1C=C(C#N)C=C(C(=N)/C=C(\NCc2cccc(-n3c4ccccc4c4c5c(ccc43)C(c3ccccc3)(c3ccccc3)c3ccccc3-5)c2)c2ccccc2)C1. The molecule has 0 radical (unpaired) electrons. The van der Waals surface area contributed by atoms with Crippen molar-refractivity contribution < 1.29 is 0 Å². The van der Waals surface area contributed by atoms with Gasteiger partial charge in [-0.05, 0) is 98.8 Å². The van der Waals surface area contributed by atoms with Crippen molar-refractivity contribution in [1.82, 2.24) is 9.88 Å². The first-order chi connectivity index (χ1) is 29.0. The lowest BCUT2D eigenvalue weighted by molar-refractivity contribution is 0.719. The number of para-hydroxylation sites is 1. The molecule has 1 atom stereocenters. The molecule has 59 heavy (non-hydrogen) atoms. The molecule has 1 unspecified atom stereocenters. The maximum absolute atomic E-state index is 9.61. The monoisotopic (exact) mass is 758 g/mol. The minimum atomic E-state index is -0.474. The summed E-state index contributed by atoms with van der Waals surface area (Å²) in [5.74, 6) is 0.209. The number of nitrogens with one attached hydrogen (secondary N) is 2. The Kier molecular flexibility index (Phi) is 9.00. The van der Waals surface area contributed by atoms with Gasteiger partial charge in [-0.2, -0.15) is 5.26 Å². The van der Waals surface area contributed by atoms with E-state index < -0.39 is 5.41 Å². The third-order valence-corrected chi connectivity index (χ3v) is 12.1. The highest BCUT2D eigenvalue weighted by Crippen LogP contribution is 2.58. The van der Waals surface area contributed by atoms with Gasteiger partial charge in [-0.1, -0.05) is 165 Å². The molecule has 1 heterocycles. The van der Waals surface area contributed by atoms with Crippen LogP contribution in [-0.4, -0.2) is 10.3 Å². The van der Waals surface area contributed by atoms with E-state index >= 15 is 0 Å². The number of rotatable bonds is 9. The normalized spacial score (nSPS) is 15.5. The second-order valence-corrected chi connectivity index (χ2v) is 15.7. The summed E-state index contributed by atoms with van der Waals surface area (Å²) in [6.07, 6.45) is 6.48. The fourth-order valence-corrected chi connectivity index (χ4v) is 9.63. The number of hydrogen-bond acceptors (Lipinski definition) is 3. The molecule has 2 aliphatic rings. The summed E-state index contributed by atoms with van der Waals surface area (Å²) in [7, 11) is 0. The summed E-state index contributed by atoms with van der Waals surface area (Å²) >= 11 is 0. The fourth-order valence-electron chi connectivity index (χ4n) is 9.63. The molecule has 7 aromatic carbocycles. The van der Waals surface area contributed by atoms with Gasteiger partial charge in [0, 0.05) is 34.3 Å². The molecule has 0 aliphatic heterocycles. The maximum Gasteiger partial charge on any atom is 0.0988 e. The highest BCUT2D eigenvalue weighted by Gasteiger charge is 2.47. The average Bonchev–Trinajstić information content (AvgIpc) is 3.79. The third-order valence-electron chi connectivity index (χ3n) is 12.1. The number of aromatic nitrogens is 1. The maximum atomic E-state index is 9.61. The minimum Gasteiger partial charge on any atom is -0.380 e. The molecule has 0 spiro atoms. The van der Waals surface area contributed by atoms with Gasteiger partial charge in [0.1, 0.15) is 0 Å². The van der Waals surface area contributed by atoms with E-state index in [0.717, 1.165) is 40.0 Å². The molecule has 1 aromatic heterocycles. The Hall–Kier alpha value is -7.48. The number of nitriles is 1. The van der Waals surface area contributed by atoms with Gasteiger partial charge in [0.2, 0.25) is 0 Å². The second kappa shape index (κ2) is 14.8. The summed E-state index contributed by atoms with van der Waals surface area (Å²) in [4.78, 5) is 0. The van der Waals surface area contributed by atoms with Crippen LogP contribution in [0.2, 0.25) is 0 Å². The first-order valence-electron chi connectivity index (χ1n) is 20.3. The number of benzene rings is 7. The summed E-state index contributed by atoms with van der Waals surface area (Å²) in [6, 6.07) is 65.7. The van der Waals surface area contributed by atoms with Gasteiger partial charge in [0.15, 0.2) is 0 Å². The first-order valence-corrected chi connectivity index (χ1v) is 20.3. The van der Waals surface area contributed by atoms with Crippen LogP contribution in [0.1, 0.15) is 46.7 Å². The van der Waals surface area contributed by atoms with E-state index in [1.165, 1.54) is 49.7 Å². The zero-order valence-corrected chi connectivity index (χ0v) is 32.9. The first kappa shape index (κ1) is 35.9. The highest BCUT2D eigenvalue weighted by molar-refractivity contribution is 6.18. The van der Waals surface area contributed by atoms with Crippen molar-refractivity contribution in [3.05, 3.63) is 239 Å². The third kappa shape index (κ3) is 6.02. The number of hydrogen-bond donors (Lipinski definition) is 2. The quantitative estimate of drug-likeness (QED) is 0.144. The van der Waals surface area contributed by atoms with Gasteiger partial charge in [0.25, 0.3) is 0 Å². The Bertz CT molecular complexity index is 3010. The topological polar surface area (TPSA) is 64.6 Å². The number of allylic oxidation sites excluding steroid dienone is 5. The van der Waals surface area contributed by atoms with Gasteiger partial charge in [0.05, 0.1) is 28.2 Å². The molecule has 8 aromatic rings. The zero-order valence-electron chi connectivity index (χ0n) is 32.9. The van der Waals surface area contributed by atoms with Crippen LogP contribution in [-0.2, 0) is 12.0 Å². The Morgan fingerprint density at radius 3 is 2.17 bits per heavy atom. The van der Waals surface area contributed by atoms with Crippen molar-refractivity contribution >= 4 is 33.2 Å². The second-order valence-electron chi connectivity index (χ2n) is 15.7. The predicted octanol–water partition coefficient (Wildman–Crippen LogP) is 12.7. The van der Waals surface area contributed by atoms with Gasteiger partial charge < -0.3 is 15.3 Å². The summed E-state index contributed by atoms with van der Waals surface area (Å²) in [5, 5.41) is 24.9. The standard InChI is InChI=1S/C55H42N4/c1-37-30-39(35-56)32-41(31-37)49(57)34-50(40-17-5-2-6-18-40)58-36-38-16-15-23-44(33-38)59-51-27-14-12-25-46(51)54-52(59)29-28-48-53(54)45-24-11-13-26-47(45)55(48,42-19-7-3-8-20-42)43-21-9-4-10-22-43/h2-30,32-34,37,57-58H,31,36H2,1H3/b50-34-,57-49?. The molecule has 0 bridgehead atoms. The molecular formula is C55H42N4. The van der Waals surface area contributed by atoms with Crippen molar-refractivity contribution in [1.29, 1.82) is 10.7 Å². The Morgan fingerprint density at radius 2 is 1.42 bits per heavy atom. The van der Waals surface area contributed by atoms with Crippen LogP contribution in [0.15, 0.2) is 205 Å². The van der Waals surface area contributed by atoms with E-state index in [1.807, 2.05) is 36.4 Å². The van der Waals surface area contributed by atoms with E-state index in [0.29, 0.717) is 17.8 Å². The van der Waals surface area contributed by atoms with Gasteiger partial charge in [-0.15, -0.1) is 0 Å². The van der Waals surface area contributed by atoms with Crippen LogP contribution in [0.4, 0.5) is 0 Å². The molecule has 2 N–H and O–H groups in total. The molecule has 4 nitrogen and oxygen atoms in total.